The summed E-state index contributed by atoms with van der Waals surface area (Å²) in [4.78, 5) is 22.7. The Bertz CT molecular complexity index is 542. The van der Waals surface area contributed by atoms with E-state index in [0.717, 1.165) is 12.8 Å². The third-order valence-electron chi connectivity index (χ3n) is 4.49. The lowest BCUT2D eigenvalue weighted by Crippen LogP contribution is -2.37. The molecule has 4 nitrogen and oxygen atoms in total. The van der Waals surface area contributed by atoms with Crippen LogP contribution in [-0.4, -0.2) is 23.5 Å². The van der Waals surface area contributed by atoms with Gasteiger partial charge in [-0.15, -0.1) is 0 Å². The number of nitrogens with one attached hydrogen (secondary N) is 1. The predicted molar refractivity (Wildman–Crippen MR) is 74.2 cm³/mol. The van der Waals surface area contributed by atoms with Gasteiger partial charge >= 0.3 is 5.97 Å². The summed E-state index contributed by atoms with van der Waals surface area (Å²) < 4.78 is 0. The van der Waals surface area contributed by atoms with Crippen LogP contribution in [0, 0.1) is 17.3 Å². The van der Waals surface area contributed by atoms with E-state index in [1.165, 1.54) is 11.1 Å². The number of rotatable bonds is 4. The van der Waals surface area contributed by atoms with Crippen molar-refractivity contribution in [1.82, 2.24) is 5.32 Å². The van der Waals surface area contributed by atoms with Crippen molar-refractivity contribution < 1.29 is 14.7 Å². The van der Waals surface area contributed by atoms with Gasteiger partial charge in [0.2, 0.25) is 5.91 Å². The van der Waals surface area contributed by atoms with Crippen LogP contribution >= 0.6 is 0 Å². The number of hydrogen-bond donors (Lipinski definition) is 2. The molecule has 4 heteroatoms. The molecule has 1 saturated carbocycles. The van der Waals surface area contributed by atoms with Crippen molar-refractivity contribution in [2.24, 2.45) is 17.3 Å². The van der Waals surface area contributed by atoms with Crippen molar-refractivity contribution in [2.45, 2.75) is 26.2 Å². The Morgan fingerprint density at radius 3 is 2.35 bits per heavy atom. The summed E-state index contributed by atoms with van der Waals surface area (Å²) in [7, 11) is 0. The molecule has 2 unspecified atom stereocenters. The Balaban J connectivity index is 1.55. The Kier molecular flexibility index (Phi) is 3.04. The topological polar surface area (TPSA) is 66.4 Å². The van der Waals surface area contributed by atoms with E-state index < -0.39 is 11.9 Å². The maximum Gasteiger partial charge on any atom is 0.307 e. The van der Waals surface area contributed by atoms with E-state index in [0.29, 0.717) is 13.0 Å². The molecule has 2 N–H and O–H groups in total. The van der Waals surface area contributed by atoms with Crippen LogP contribution in [-0.2, 0) is 22.4 Å². The van der Waals surface area contributed by atoms with Gasteiger partial charge in [-0.05, 0) is 35.8 Å². The molecule has 1 amide bonds. The smallest absolute Gasteiger partial charge is 0.307 e. The number of carboxylic acids is 1. The first-order valence-electron chi connectivity index (χ1n) is 7.06. The van der Waals surface area contributed by atoms with Crippen LogP contribution in [0.25, 0.3) is 0 Å². The maximum absolute atomic E-state index is 11.9. The fourth-order valence-corrected chi connectivity index (χ4v) is 3.20. The number of carbonyl (C=O) groups excluding carboxylic acids is 1. The fraction of sp³-hybridized carbons (Fsp3) is 0.500. The van der Waals surface area contributed by atoms with Gasteiger partial charge in [0, 0.05) is 6.54 Å². The lowest BCUT2D eigenvalue weighted by atomic mass is 9.87. The lowest BCUT2D eigenvalue weighted by Gasteiger charge is -2.24. The van der Waals surface area contributed by atoms with Crippen LogP contribution in [0.1, 0.15) is 24.5 Å². The van der Waals surface area contributed by atoms with E-state index in [-0.39, 0.29) is 17.2 Å². The number of aliphatic carboxylic acids is 1. The van der Waals surface area contributed by atoms with Gasteiger partial charge in [-0.1, -0.05) is 31.2 Å². The van der Waals surface area contributed by atoms with E-state index >= 15 is 0 Å². The summed E-state index contributed by atoms with van der Waals surface area (Å²) >= 11 is 0. The van der Waals surface area contributed by atoms with E-state index in [4.69, 9.17) is 5.11 Å². The normalized spacial score (nSPS) is 25.9. The highest BCUT2D eigenvalue weighted by Gasteiger charge is 2.48. The number of amides is 1. The van der Waals surface area contributed by atoms with Gasteiger partial charge in [0.25, 0.3) is 0 Å². The molecule has 1 aromatic rings. The summed E-state index contributed by atoms with van der Waals surface area (Å²) in [6.45, 7) is 2.79. The second kappa shape index (κ2) is 4.62. The van der Waals surface area contributed by atoms with Crippen LogP contribution in [0.15, 0.2) is 24.3 Å². The number of fused-ring (bicyclic) bond motifs is 1. The highest BCUT2D eigenvalue weighted by Crippen LogP contribution is 2.40. The Morgan fingerprint density at radius 2 is 1.85 bits per heavy atom. The van der Waals surface area contributed by atoms with Crippen molar-refractivity contribution in [3.8, 4) is 0 Å². The van der Waals surface area contributed by atoms with Crippen LogP contribution < -0.4 is 5.32 Å². The maximum atomic E-state index is 11.9. The molecule has 2 aliphatic rings. The molecule has 20 heavy (non-hydrogen) atoms. The minimum Gasteiger partial charge on any atom is -0.481 e. The summed E-state index contributed by atoms with van der Waals surface area (Å²) in [5.41, 5.74) is 2.77. The van der Waals surface area contributed by atoms with Crippen LogP contribution in [0.4, 0.5) is 0 Å². The molecule has 0 radical (unpaired) electrons. The molecular formula is C16H19NO3. The third-order valence-corrected chi connectivity index (χ3v) is 4.49. The molecule has 0 spiro atoms. The second-order valence-electron chi connectivity index (χ2n) is 6.44. The molecule has 0 heterocycles. The first-order chi connectivity index (χ1) is 9.48. The quantitative estimate of drug-likeness (QED) is 0.876. The van der Waals surface area contributed by atoms with Crippen LogP contribution in [0.5, 0.6) is 0 Å². The first kappa shape index (κ1) is 13.2. The molecular weight excluding hydrogens is 254 g/mol. The Labute approximate surface area is 118 Å². The van der Waals surface area contributed by atoms with Gasteiger partial charge in [0.15, 0.2) is 0 Å². The van der Waals surface area contributed by atoms with Crippen LogP contribution in [0.2, 0.25) is 0 Å². The minimum atomic E-state index is -0.857. The zero-order chi connectivity index (χ0) is 14.3. The van der Waals surface area contributed by atoms with E-state index in [1.54, 1.807) is 0 Å². The summed E-state index contributed by atoms with van der Waals surface area (Å²) in [6.07, 6.45) is 2.42. The van der Waals surface area contributed by atoms with Gasteiger partial charge in [0.05, 0.1) is 11.8 Å². The molecule has 0 aliphatic heterocycles. The molecule has 0 saturated heterocycles. The molecule has 1 fully saturated rings. The molecule has 0 aromatic heterocycles. The zero-order valence-electron chi connectivity index (χ0n) is 11.6. The third kappa shape index (κ3) is 2.42. The van der Waals surface area contributed by atoms with E-state index in [1.807, 2.05) is 12.1 Å². The number of carbonyl (C=O) groups is 2. The van der Waals surface area contributed by atoms with Gasteiger partial charge in [-0.2, -0.15) is 0 Å². The highest BCUT2D eigenvalue weighted by atomic mass is 16.4. The SMILES string of the molecule is CC1(CNC(=O)C2CC2C(=O)O)Cc2ccccc2C1. The number of benzene rings is 1. The monoisotopic (exact) mass is 273 g/mol. The number of hydrogen-bond acceptors (Lipinski definition) is 2. The molecule has 3 rings (SSSR count). The van der Waals surface area contributed by atoms with Crippen molar-refractivity contribution in [3.63, 3.8) is 0 Å². The average molecular weight is 273 g/mol. The van der Waals surface area contributed by atoms with Gasteiger partial charge in [-0.25, -0.2) is 0 Å². The number of carboxylic acid groups (broad SMARTS) is 1. The Morgan fingerprint density at radius 1 is 1.25 bits per heavy atom. The highest BCUT2D eigenvalue weighted by molar-refractivity contribution is 5.89. The largest absolute Gasteiger partial charge is 0.481 e. The lowest BCUT2D eigenvalue weighted by molar-refractivity contribution is -0.140. The molecule has 0 bridgehead atoms. The zero-order valence-corrected chi connectivity index (χ0v) is 11.6. The van der Waals surface area contributed by atoms with Crippen molar-refractivity contribution >= 4 is 11.9 Å². The minimum absolute atomic E-state index is 0.0486. The van der Waals surface area contributed by atoms with E-state index in [2.05, 4.69) is 24.4 Å². The van der Waals surface area contributed by atoms with Gasteiger partial charge < -0.3 is 10.4 Å². The van der Waals surface area contributed by atoms with Gasteiger partial charge in [0.1, 0.15) is 0 Å². The van der Waals surface area contributed by atoms with Crippen molar-refractivity contribution in [3.05, 3.63) is 35.4 Å². The average Bonchev–Trinajstić information content (AvgIpc) is 3.13. The molecule has 2 atom stereocenters. The van der Waals surface area contributed by atoms with Crippen molar-refractivity contribution in [2.75, 3.05) is 6.54 Å². The fourth-order valence-electron chi connectivity index (χ4n) is 3.20. The predicted octanol–water partition coefficient (Wildman–Crippen LogP) is 1.63. The first-order valence-corrected chi connectivity index (χ1v) is 7.06. The standard InChI is InChI=1S/C16H19NO3/c1-16(7-10-4-2-3-5-11(10)8-16)9-17-14(18)12-6-13(12)15(19)20/h2-5,12-13H,6-9H2,1H3,(H,17,18)(H,19,20). The Hall–Kier alpha value is -1.84. The molecule has 1 aromatic carbocycles. The second-order valence-corrected chi connectivity index (χ2v) is 6.44. The summed E-state index contributed by atoms with van der Waals surface area (Å²) in [6, 6.07) is 8.38. The summed E-state index contributed by atoms with van der Waals surface area (Å²) in [5, 5.41) is 11.8. The van der Waals surface area contributed by atoms with Crippen molar-refractivity contribution in [1.29, 1.82) is 0 Å². The van der Waals surface area contributed by atoms with Crippen LogP contribution in [0.3, 0.4) is 0 Å². The molecule has 2 aliphatic carbocycles. The van der Waals surface area contributed by atoms with E-state index in [9.17, 15) is 9.59 Å². The van der Waals surface area contributed by atoms with Gasteiger partial charge in [-0.3, -0.25) is 9.59 Å². The molecule has 106 valence electrons. The summed E-state index contributed by atoms with van der Waals surface area (Å²) in [5.74, 6) is -1.75.